The molecule has 1 heterocycles. The number of carbonyl (C=O) groups is 4. The van der Waals surface area contributed by atoms with Gasteiger partial charge in [0.1, 0.15) is 17.2 Å². The average molecular weight is 556 g/mol. The van der Waals surface area contributed by atoms with Gasteiger partial charge in [-0.25, -0.2) is 8.42 Å². The number of aliphatic hydroxyl groups excluding tert-OH is 1. The monoisotopic (exact) mass is 555 g/mol. The molecular formula is C26H41N3O8S. The van der Waals surface area contributed by atoms with Crippen LogP contribution in [0.15, 0.2) is 12.7 Å². The molecule has 0 aromatic heterocycles. The van der Waals surface area contributed by atoms with Gasteiger partial charge in [0.15, 0.2) is 0 Å². The van der Waals surface area contributed by atoms with Crippen LogP contribution < -0.4 is 10.0 Å². The van der Waals surface area contributed by atoms with Gasteiger partial charge in [0, 0.05) is 18.9 Å². The lowest BCUT2D eigenvalue weighted by Gasteiger charge is -2.35. The number of nitrogens with zero attached hydrogens (tertiary/aromatic N) is 1. The second-order valence-electron chi connectivity index (χ2n) is 12.8. The molecule has 1 saturated heterocycles. The summed E-state index contributed by atoms with van der Waals surface area (Å²) in [6, 6.07) is -1.10. The summed E-state index contributed by atoms with van der Waals surface area (Å²) in [5, 5.41) is 12.4. The summed E-state index contributed by atoms with van der Waals surface area (Å²) < 4.78 is 32.2. The molecule has 0 unspecified atom stereocenters. The fourth-order valence-electron chi connectivity index (χ4n) is 4.84. The number of carbonyl (C=O) groups excluding carboxylic acids is 4. The summed E-state index contributed by atoms with van der Waals surface area (Å²) in [4.78, 5) is 54.0. The van der Waals surface area contributed by atoms with Crippen LogP contribution in [0.4, 0.5) is 0 Å². The normalized spacial score (nSPS) is 28.3. The second kappa shape index (κ2) is 10.3. The third-order valence-electron chi connectivity index (χ3n) is 7.25. The SMILES string of the molecule is C=C[C@@H]1C[C@]1(NC(=O)[C@@H]1C[C@@H](O)CN1C(=O)[C@@H](CC(=O)OC(C)(C)C)C(C)(C)C)C(=O)NS(=O)(=O)C1CC1. The van der Waals surface area contributed by atoms with Crippen molar-refractivity contribution in [2.75, 3.05) is 6.54 Å². The van der Waals surface area contributed by atoms with Crippen molar-refractivity contribution in [1.82, 2.24) is 14.9 Å². The number of hydrogen-bond donors (Lipinski definition) is 3. The van der Waals surface area contributed by atoms with E-state index in [1.807, 2.05) is 0 Å². The van der Waals surface area contributed by atoms with Crippen LogP contribution in [0.1, 0.15) is 73.6 Å². The Kier molecular flexibility index (Phi) is 8.12. The van der Waals surface area contributed by atoms with E-state index < -0.39 is 79.5 Å². The minimum absolute atomic E-state index is 0.0578. The first kappa shape index (κ1) is 30.1. The molecule has 0 aromatic rings. The lowest BCUT2D eigenvalue weighted by atomic mass is 9.77. The van der Waals surface area contributed by atoms with Gasteiger partial charge in [0.25, 0.3) is 5.91 Å². The van der Waals surface area contributed by atoms with Gasteiger partial charge >= 0.3 is 5.97 Å². The first-order valence-corrected chi connectivity index (χ1v) is 14.6. The van der Waals surface area contributed by atoms with E-state index in [4.69, 9.17) is 4.74 Å². The standard InChI is InChI=1S/C26H41N3O8S/c1-8-15-13-26(15,23(34)28-38(35,36)17-9-10-17)27-21(32)19-11-16(30)14-29(19)22(33)18(24(2,3)4)12-20(31)37-25(5,6)7/h8,15-19,30H,1,9-14H2,2-7H3,(H,27,32)(H,28,34)/t15-,16-,18-,19+,26-/m1/s1. The van der Waals surface area contributed by atoms with Crippen LogP contribution in [-0.4, -0.2) is 77.2 Å². The van der Waals surface area contributed by atoms with Crippen molar-refractivity contribution >= 4 is 33.7 Å². The maximum atomic E-state index is 13.7. The van der Waals surface area contributed by atoms with Crippen molar-refractivity contribution in [3.05, 3.63) is 12.7 Å². The lowest BCUT2D eigenvalue weighted by molar-refractivity contribution is -0.161. The Morgan fingerprint density at radius 1 is 1.16 bits per heavy atom. The van der Waals surface area contributed by atoms with Gasteiger partial charge in [-0.2, -0.15) is 0 Å². The molecule has 0 bridgehead atoms. The Morgan fingerprint density at radius 3 is 2.24 bits per heavy atom. The number of aliphatic hydroxyl groups is 1. The zero-order valence-electron chi connectivity index (χ0n) is 23.1. The lowest BCUT2D eigenvalue weighted by Crippen LogP contribution is -2.57. The van der Waals surface area contributed by atoms with Crippen LogP contribution >= 0.6 is 0 Å². The molecule has 0 aromatic carbocycles. The number of sulfonamides is 1. The van der Waals surface area contributed by atoms with Crippen LogP contribution in [0.25, 0.3) is 0 Å². The van der Waals surface area contributed by atoms with Crippen molar-refractivity contribution in [1.29, 1.82) is 0 Å². The highest BCUT2D eigenvalue weighted by Crippen LogP contribution is 2.45. The van der Waals surface area contributed by atoms with Crippen molar-refractivity contribution in [3.8, 4) is 0 Å². The summed E-state index contributed by atoms with van der Waals surface area (Å²) >= 11 is 0. The van der Waals surface area contributed by atoms with E-state index in [-0.39, 0.29) is 25.8 Å². The zero-order valence-corrected chi connectivity index (χ0v) is 23.9. The van der Waals surface area contributed by atoms with Gasteiger partial charge in [-0.1, -0.05) is 26.8 Å². The minimum Gasteiger partial charge on any atom is -0.460 e. The number of esters is 1. The van der Waals surface area contributed by atoms with Gasteiger partial charge in [0.2, 0.25) is 21.8 Å². The molecule has 38 heavy (non-hydrogen) atoms. The summed E-state index contributed by atoms with van der Waals surface area (Å²) in [6.07, 6.45) is 1.35. The Balaban J connectivity index is 1.79. The fraction of sp³-hybridized carbons (Fsp3) is 0.769. The van der Waals surface area contributed by atoms with Crippen LogP contribution in [0.5, 0.6) is 0 Å². The van der Waals surface area contributed by atoms with E-state index in [1.165, 1.54) is 11.0 Å². The molecule has 1 aliphatic heterocycles. The molecule has 214 valence electrons. The number of nitrogens with one attached hydrogen (secondary N) is 2. The fourth-order valence-corrected chi connectivity index (χ4v) is 6.20. The molecule has 3 aliphatic rings. The van der Waals surface area contributed by atoms with Crippen molar-refractivity contribution < 1.29 is 37.4 Å². The van der Waals surface area contributed by atoms with Gasteiger partial charge in [0.05, 0.1) is 23.7 Å². The second-order valence-corrected chi connectivity index (χ2v) is 14.7. The van der Waals surface area contributed by atoms with Crippen LogP contribution in [0.3, 0.4) is 0 Å². The minimum atomic E-state index is -3.83. The quantitative estimate of drug-likeness (QED) is 0.281. The topological polar surface area (TPSA) is 159 Å². The van der Waals surface area contributed by atoms with E-state index in [1.54, 1.807) is 41.5 Å². The van der Waals surface area contributed by atoms with E-state index in [0.29, 0.717) is 12.8 Å². The number of rotatable bonds is 9. The Morgan fingerprint density at radius 2 is 1.76 bits per heavy atom. The number of likely N-dealkylation sites (tertiary alicyclic amines) is 1. The zero-order chi connectivity index (χ0) is 28.8. The van der Waals surface area contributed by atoms with Crippen molar-refractivity contribution in [2.45, 2.75) is 102 Å². The van der Waals surface area contributed by atoms with Crippen molar-refractivity contribution in [3.63, 3.8) is 0 Å². The third kappa shape index (κ3) is 6.74. The molecule has 3 amide bonds. The molecule has 2 saturated carbocycles. The summed E-state index contributed by atoms with van der Waals surface area (Å²) in [7, 11) is -3.83. The smallest absolute Gasteiger partial charge is 0.307 e. The van der Waals surface area contributed by atoms with Crippen LogP contribution in [0, 0.1) is 17.3 Å². The van der Waals surface area contributed by atoms with Gasteiger partial charge in [-0.3, -0.25) is 23.9 Å². The van der Waals surface area contributed by atoms with Crippen LogP contribution in [-0.2, 0) is 33.9 Å². The highest BCUT2D eigenvalue weighted by molar-refractivity contribution is 7.91. The van der Waals surface area contributed by atoms with Gasteiger partial charge in [-0.15, -0.1) is 6.58 Å². The molecule has 3 rings (SSSR count). The Bertz CT molecular complexity index is 1100. The van der Waals surface area contributed by atoms with E-state index >= 15 is 0 Å². The molecule has 2 aliphatic carbocycles. The van der Waals surface area contributed by atoms with E-state index in [9.17, 15) is 32.7 Å². The molecule has 0 radical (unpaired) electrons. The van der Waals surface area contributed by atoms with E-state index in [2.05, 4.69) is 16.6 Å². The van der Waals surface area contributed by atoms with Crippen LogP contribution in [0.2, 0.25) is 0 Å². The summed E-state index contributed by atoms with van der Waals surface area (Å²) in [5.41, 5.74) is -2.89. The molecular weight excluding hydrogens is 514 g/mol. The maximum absolute atomic E-state index is 13.7. The molecule has 12 heteroatoms. The van der Waals surface area contributed by atoms with Gasteiger partial charge in [-0.05, 0) is 45.4 Å². The number of amides is 3. The average Bonchev–Trinajstić information content (AvgIpc) is 3.66. The number of ether oxygens (including phenoxy) is 1. The third-order valence-corrected chi connectivity index (χ3v) is 9.07. The van der Waals surface area contributed by atoms with E-state index in [0.717, 1.165) is 0 Å². The molecule has 11 nitrogen and oxygen atoms in total. The predicted molar refractivity (Wildman–Crippen MR) is 139 cm³/mol. The Labute approximate surface area is 224 Å². The first-order chi connectivity index (χ1) is 17.3. The number of hydrogen-bond acceptors (Lipinski definition) is 8. The molecule has 3 fully saturated rings. The van der Waals surface area contributed by atoms with Crippen molar-refractivity contribution in [2.24, 2.45) is 17.3 Å². The predicted octanol–water partition coefficient (Wildman–Crippen LogP) is 1.01. The largest absolute Gasteiger partial charge is 0.460 e. The number of β-amino-alcohol motifs (C(OH)–C–C–N with tert-alkyl or cyclic N) is 1. The molecule has 5 atom stereocenters. The molecule has 0 spiro atoms. The van der Waals surface area contributed by atoms with Gasteiger partial charge < -0.3 is 20.1 Å². The highest BCUT2D eigenvalue weighted by atomic mass is 32.2. The first-order valence-electron chi connectivity index (χ1n) is 13.0. The summed E-state index contributed by atoms with van der Waals surface area (Å²) in [6.45, 7) is 14.2. The molecule has 3 N–H and O–H groups in total. The maximum Gasteiger partial charge on any atom is 0.307 e. The highest BCUT2D eigenvalue weighted by Gasteiger charge is 2.62. The Hall–Kier alpha value is -2.47. The summed E-state index contributed by atoms with van der Waals surface area (Å²) in [5.74, 6) is -3.86.